The van der Waals surface area contributed by atoms with E-state index in [1.807, 2.05) is 6.92 Å². The lowest BCUT2D eigenvalue weighted by Crippen LogP contribution is -2.33. The molecular formula is C16H33NO2. The molecule has 2 unspecified atom stereocenters. The fraction of sp³-hybridized carbons (Fsp3) is 0.938. The average Bonchev–Trinajstić information content (AvgIpc) is 2.38. The van der Waals surface area contributed by atoms with E-state index in [9.17, 15) is 4.79 Å². The largest absolute Gasteiger partial charge is 0.465 e. The first-order valence-electron chi connectivity index (χ1n) is 8.04. The molecule has 0 fully saturated rings. The summed E-state index contributed by atoms with van der Waals surface area (Å²) in [5, 5.41) is 0. The summed E-state index contributed by atoms with van der Waals surface area (Å²) < 4.78 is 4.92. The van der Waals surface area contributed by atoms with E-state index in [2.05, 4.69) is 13.8 Å². The number of hydrogen-bond acceptors (Lipinski definition) is 3. The number of hydrogen-bond donors (Lipinski definition) is 1. The van der Waals surface area contributed by atoms with Crippen LogP contribution in [0.3, 0.4) is 0 Å². The van der Waals surface area contributed by atoms with Crippen molar-refractivity contribution in [1.82, 2.24) is 0 Å². The topological polar surface area (TPSA) is 52.3 Å². The lowest BCUT2D eigenvalue weighted by Gasteiger charge is -2.16. The van der Waals surface area contributed by atoms with Crippen LogP contribution in [0.4, 0.5) is 0 Å². The first-order valence-corrected chi connectivity index (χ1v) is 8.04. The van der Waals surface area contributed by atoms with Gasteiger partial charge in [0.25, 0.3) is 0 Å². The van der Waals surface area contributed by atoms with Gasteiger partial charge in [0.15, 0.2) is 0 Å². The summed E-state index contributed by atoms with van der Waals surface area (Å²) in [4.78, 5) is 11.4. The number of carbonyl (C=O) groups is 1. The predicted molar refractivity (Wildman–Crippen MR) is 81.0 cm³/mol. The molecule has 0 aliphatic carbocycles. The third-order valence-electron chi connectivity index (χ3n) is 3.55. The van der Waals surface area contributed by atoms with Crippen LogP contribution in [0, 0.1) is 5.92 Å². The second kappa shape index (κ2) is 12.5. The summed E-state index contributed by atoms with van der Waals surface area (Å²) in [5.74, 6) is 0.254. The Hall–Kier alpha value is -0.570. The Labute approximate surface area is 119 Å². The Morgan fingerprint density at radius 1 is 1.05 bits per heavy atom. The quantitative estimate of drug-likeness (QED) is 0.430. The number of unbranched alkanes of at least 4 members (excludes halogenated alkanes) is 6. The van der Waals surface area contributed by atoms with Crippen molar-refractivity contribution in [3.8, 4) is 0 Å². The molecule has 3 nitrogen and oxygen atoms in total. The number of carbonyl (C=O) groups excluding carboxylic acids is 1. The highest BCUT2D eigenvalue weighted by Crippen LogP contribution is 2.16. The third kappa shape index (κ3) is 11.0. The maximum Gasteiger partial charge on any atom is 0.322 e. The molecule has 0 radical (unpaired) electrons. The van der Waals surface area contributed by atoms with Gasteiger partial charge in [-0.15, -0.1) is 0 Å². The Morgan fingerprint density at radius 2 is 1.63 bits per heavy atom. The van der Waals surface area contributed by atoms with Crippen LogP contribution < -0.4 is 5.73 Å². The van der Waals surface area contributed by atoms with Gasteiger partial charge < -0.3 is 10.5 Å². The average molecular weight is 271 g/mol. The van der Waals surface area contributed by atoms with Gasteiger partial charge in [-0.05, 0) is 19.3 Å². The molecule has 0 aliphatic heterocycles. The molecule has 0 amide bonds. The van der Waals surface area contributed by atoms with Crippen molar-refractivity contribution in [2.75, 3.05) is 6.61 Å². The van der Waals surface area contributed by atoms with E-state index in [1.54, 1.807) is 0 Å². The van der Waals surface area contributed by atoms with E-state index in [-0.39, 0.29) is 5.97 Å². The van der Waals surface area contributed by atoms with Crippen LogP contribution in [0.15, 0.2) is 0 Å². The van der Waals surface area contributed by atoms with Crippen molar-refractivity contribution >= 4 is 5.97 Å². The SMILES string of the molecule is CCCCCCCCCC(C)CC(N)C(=O)OCC. The van der Waals surface area contributed by atoms with Gasteiger partial charge in [0.2, 0.25) is 0 Å². The summed E-state index contributed by atoms with van der Waals surface area (Å²) in [7, 11) is 0. The fourth-order valence-corrected chi connectivity index (χ4v) is 2.35. The molecule has 0 rings (SSSR count). The van der Waals surface area contributed by atoms with Gasteiger partial charge in [0, 0.05) is 0 Å². The van der Waals surface area contributed by atoms with Crippen LogP contribution in [-0.4, -0.2) is 18.6 Å². The van der Waals surface area contributed by atoms with Gasteiger partial charge in [0.05, 0.1) is 6.61 Å². The van der Waals surface area contributed by atoms with Crippen LogP contribution in [0.25, 0.3) is 0 Å². The molecule has 0 saturated heterocycles. The number of nitrogens with two attached hydrogens (primary N) is 1. The second-order valence-electron chi connectivity index (χ2n) is 5.61. The van der Waals surface area contributed by atoms with Crippen molar-refractivity contribution in [2.24, 2.45) is 11.7 Å². The number of ether oxygens (including phenoxy) is 1. The molecular weight excluding hydrogens is 238 g/mol. The van der Waals surface area contributed by atoms with Gasteiger partial charge >= 0.3 is 5.97 Å². The Bertz CT molecular complexity index is 219. The molecule has 0 aromatic heterocycles. The zero-order valence-electron chi connectivity index (χ0n) is 13.1. The molecule has 0 bridgehead atoms. The summed E-state index contributed by atoms with van der Waals surface area (Å²) in [6.07, 6.45) is 11.2. The molecule has 0 spiro atoms. The Kier molecular flexibility index (Phi) is 12.1. The highest BCUT2D eigenvalue weighted by Gasteiger charge is 2.17. The maximum absolute atomic E-state index is 11.4. The maximum atomic E-state index is 11.4. The van der Waals surface area contributed by atoms with Crippen molar-refractivity contribution < 1.29 is 9.53 Å². The lowest BCUT2D eigenvalue weighted by atomic mass is 9.95. The van der Waals surface area contributed by atoms with E-state index >= 15 is 0 Å². The number of esters is 1. The lowest BCUT2D eigenvalue weighted by molar-refractivity contribution is -0.145. The van der Waals surface area contributed by atoms with Gasteiger partial charge in [-0.2, -0.15) is 0 Å². The van der Waals surface area contributed by atoms with E-state index in [0.717, 1.165) is 6.42 Å². The van der Waals surface area contributed by atoms with Gasteiger partial charge in [0.1, 0.15) is 6.04 Å². The highest BCUT2D eigenvalue weighted by molar-refractivity contribution is 5.75. The highest BCUT2D eigenvalue weighted by atomic mass is 16.5. The summed E-state index contributed by atoms with van der Waals surface area (Å²) >= 11 is 0. The molecule has 0 aromatic rings. The standard InChI is InChI=1S/C16H33NO2/c1-4-6-7-8-9-10-11-12-14(3)13-15(17)16(18)19-5-2/h14-15H,4-13,17H2,1-3H3. The van der Waals surface area contributed by atoms with Crippen LogP contribution in [-0.2, 0) is 9.53 Å². The van der Waals surface area contributed by atoms with Crippen LogP contribution in [0.1, 0.15) is 78.6 Å². The van der Waals surface area contributed by atoms with Gasteiger partial charge in [-0.1, -0.05) is 65.2 Å². The van der Waals surface area contributed by atoms with E-state index in [1.165, 1.54) is 51.4 Å². The van der Waals surface area contributed by atoms with Crippen LogP contribution in [0.2, 0.25) is 0 Å². The molecule has 2 atom stereocenters. The molecule has 2 N–H and O–H groups in total. The van der Waals surface area contributed by atoms with E-state index < -0.39 is 6.04 Å². The van der Waals surface area contributed by atoms with Crippen molar-refractivity contribution in [3.05, 3.63) is 0 Å². The molecule has 0 aromatic carbocycles. The summed E-state index contributed by atoms with van der Waals surface area (Å²) in [6, 6.07) is -0.445. The minimum Gasteiger partial charge on any atom is -0.465 e. The zero-order chi connectivity index (χ0) is 14.5. The Morgan fingerprint density at radius 3 is 2.21 bits per heavy atom. The minimum absolute atomic E-state index is 0.256. The smallest absolute Gasteiger partial charge is 0.322 e. The number of rotatable bonds is 12. The monoisotopic (exact) mass is 271 g/mol. The summed E-state index contributed by atoms with van der Waals surface area (Å²) in [5.41, 5.74) is 5.81. The first-order chi connectivity index (χ1) is 9.11. The van der Waals surface area contributed by atoms with E-state index in [0.29, 0.717) is 12.5 Å². The fourth-order valence-electron chi connectivity index (χ4n) is 2.35. The molecule has 0 saturated carbocycles. The minimum atomic E-state index is -0.445. The molecule has 19 heavy (non-hydrogen) atoms. The third-order valence-corrected chi connectivity index (χ3v) is 3.55. The van der Waals surface area contributed by atoms with Gasteiger partial charge in [-0.25, -0.2) is 0 Å². The first kappa shape index (κ1) is 18.4. The van der Waals surface area contributed by atoms with Crippen molar-refractivity contribution in [3.63, 3.8) is 0 Å². The molecule has 3 heteroatoms. The summed E-state index contributed by atoms with van der Waals surface area (Å²) in [6.45, 7) is 6.65. The van der Waals surface area contributed by atoms with Crippen molar-refractivity contribution in [1.29, 1.82) is 0 Å². The van der Waals surface area contributed by atoms with E-state index in [4.69, 9.17) is 10.5 Å². The van der Waals surface area contributed by atoms with Crippen LogP contribution in [0.5, 0.6) is 0 Å². The predicted octanol–water partition coefficient (Wildman–Crippen LogP) is 4.04. The zero-order valence-corrected chi connectivity index (χ0v) is 13.1. The molecule has 0 aliphatic rings. The Balaban J connectivity index is 3.48. The normalized spacial score (nSPS) is 14.1. The van der Waals surface area contributed by atoms with Crippen molar-refractivity contribution in [2.45, 2.75) is 84.6 Å². The van der Waals surface area contributed by atoms with Crippen LogP contribution >= 0.6 is 0 Å². The molecule has 0 heterocycles. The second-order valence-corrected chi connectivity index (χ2v) is 5.61. The molecule has 114 valence electrons. The van der Waals surface area contributed by atoms with Gasteiger partial charge in [-0.3, -0.25) is 4.79 Å².